The smallest absolute Gasteiger partial charge is 0.461 e. The van der Waals surface area contributed by atoms with E-state index >= 15 is 0 Å². The third-order valence-corrected chi connectivity index (χ3v) is 4.20. The zero-order valence-corrected chi connectivity index (χ0v) is 9.92. The molecule has 0 fully saturated rings. The highest BCUT2D eigenvalue weighted by molar-refractivity contribution is 7.84. The molecule has 15 heavy (non-hydrogen) atoms. The van der Waals surface area contributed by atoms with Crippen LogP contribution in [-0.2, 0) is 10.7 Å². The van der Waals surface area contributed by atoms with Gasteiger partial charge in [0.05, 0.1) is 5.25 Å². The van der Waals surface area contributed by atoms with Crippen LogP contribution in [-0.4, -0.2) is 15.3 Å². The second-order valence-electron chi connectivity index (χ2n) is 2.94. The summed E-state index contributed by atoms with van der Waals surface area (Å²) in [5.41, 5.74) is 0.904. The molecule has 0 saturated carbocycles. The quantitative estimate of drug-likeness (QED) is 0.263. The second kappa shape index (κ2) is 5.21. The molecule has 1 heterocycles. The van der Waals surface area contributed by atoms with E-state index in [1.165, 1.54) is 0 Å². The predicted molar refractivity (Wildman–Crippen MR) is 60.2 cm³/mol. The van der Waals surface area contributed by atoms with E-state index in [2.05, 4.69) is 4.98 Å². The number of nitriles is 1. The molecule has 0 aliphatic rings. The lowest BCUT2D eigenvalue weighted by atomic mass is 10.2. The van der Waals surface area contributed by atoms with E-state index in [4.69, 9.17) is 16.9 Å². The van der Waals surface area contributed by atoms with Crippen molar-refractivity contribution in [2.45, 2.75) is 12.2 Å². The monoisotopic (exact) mass is 243 g/mol. The van der Waals surface area contributed by atoms with E-state index in [9.17, 15) is 5.21 Å². The SMILES string of the molecule is CC(c1ccc(Cl)nc1)S(C)=[N+]([O-])C#N. The van der Waals surface area contributed by atoms with Gasteiger partial charge in [0.25, 0.3) is 0 Å². The summed E-state index contributed by atoms with van der Waals surface area (Å²) < 4.78 is 0.416. The molecule has 0 spiro atoms. The van der Waals surface area contributed by atoms with Gasteiger partial charge in [-0.05, 0) is 29.2 Å². The van der Waals surface area contributed by atoms with Crippen molar-refractivity contribution in [1.82, 2.24) is 4.98 Å². The van der Waals surface area contributed by atoms with Crippen LogP contribution < -0.4 is 0 Å². The van der Waals surface area contributed by atoms with Gasteiger partial charge in [0.15, 0.2) is 5.26 Å². The number of halogens is 1. The van der Waals surface area contributed by atoms with Crippen molar-refractivity contribution in [2.24, 2.45) is 0 Å². The van der Waals surface area contributed by atoms with E-state index in [0.29, 0.717) is 9.26 Å². The second-order valence-corrected chi connectivity index (χ2v) is 5.41. The first-order chi connectivity index (χ1) is 7.06. The van der Waals surface area contributed by atoms with Crippen LogP contribution >= 0.6 is 11.6 Å². The van der Waals surface area contributed by atoms with Crippen LogP contribution in [0.25, 0.3) is 0 Å². The Hall–Kier alpha value is -0.960. The molecule has 80 valence electrons. The van der Waals surface area contributed by atoms with Gasteiger partial charge in [0, 0.05) is 12.5 Å². The van der Waals surface area contributed by atoms with Crippen LogP contribution in [0, 0.1) is 16.7 Å². The molecule has 1 aromatic heterocycles. The Bertz CT molecular complexity index is 424. The molecular formula is C9H10ClN3OS. The lowest BCUT2D eigenvalue weighted by molar-refractivity contribution is -0.329. The molecule has 1 rings (SSSR count). The summed E-state index contributed by atoms with van der Waals surface area (Å²) in [6.45, 7) is 1.89. The molecule has 2 unspecified atom stereocenters. The molecule has 0 radical (unpaired) electrons. The molecule has 0 aliphatic heterocycles. The van der Waals surface area contributed by atoms with E-state index in [0.717, 1.165) is 5.56 Å². The molecule has 4 nitrogen and oxygen atoms in total. The number of aromatic nitrogens is 1. The van der Waals surface area contributed by atoms with Gasteiger partial charge in [-0.15, -0.1) is 0 Å². The van der Waals surface area contributed by atoms with Crippen LogP contribution in [0.1, 0.15) is 17.7 Å². The maximum Gasteiger partial charge on any atom is 0.461 e. The van der Waals surface area contributed by atoms with Gasteiger partial charge in [-0.3, -0.25) is 0 Å². The van der Waals surface area contributed by atoms with Gasteiger partial charge < -0.3 is 5.21 Å². The molecule has 0 N–H and O–H groups in total. The van der Waals surface area contributed by atoms with Crippen LogP contribution in [0.4, 0.5) is 0 Å². The normalized spacial score (nSPS) is 15.3. The fraction of sp³-hybridized carbons (Fsp3) is 0.333. The van der Waals surface area contributed by atoms with Gasteiger partial charge >= 0.3 is 6.19 Å². The molecule has 0 amide bonds. The molecular weight excluding hydrogens is 234 g/mol. The Labute approximate surface area is 95.8 Å². The summed E-state index contributed by atoms with van der Waals surface area (Å²) in [6.07, 6.45) is 4.93. The first-order valence-electron chi connectivity index (χ1n) is 4.19. The number of hydroxylamine groups is 1. The van der Waals surface area contributed by atoms with Crippen molar-refractivity contribution in [1.29, 1.82) is 5.26 Å². The predicted octanol–water partition coefficient (Wildman–Crippen LogP) is 2.22. The van der Waals surface area contributed by atoms with Crippen molar-refractivity contribution in [3.8, 4) is 6.19 Å². The lowest BCUT2D eigenvalue weighted by Crippen LogP contribution is -2.10. The first-order valence-corrected chi connectivity index (χ1v) is 6.22. The van der Waals surface area contributed by atoms with Gasteiger partial charge in [0.2, 0.25) is 0 Å². The van der Waals surface area contributed by atoms with Crippen molar-refractivity contribution in [3.63, 3.8) is 0 Å². The number of nitrogens with zero attached hydrogens (tertiary/aromatic N) is 3. The summed E-state index contributed by atoms with van der Waals surface area (Å²) in [5, 5.41) is 20.0. The number of hydrogen-bond acceptors (Lipinski definition) is 3. The summed E-state index contributed by atoms with van der Waals surface area (Å²) >= 11 is 5.65. The Morgan fingerprint density at radius 3 is 2.80 bits per heavy atom. The van der Waals surface area contributed by atoms with Crippen molar-refractivity contribution in [2.75, 3.05) is 6.26 Å². The fourth-order valence-electron chi connectivity index (χ4n) is 1.03. The maximum atomic E-state index is 11.1. The van der Waals surface area contributed by atoms with E-state index in [-0.39, 0.29) is 5.25 Å². The number of pyridine rings is 1. The highest BCUT2D eigenvalue weighted by Crippen LogP contribution is 2.19. The van der Waals surface area contributed by atoms with Crippen molar-refractivity contribution < 1.29 is 4.11 Å². The zero-order chi connectivity index (χ0) is 11.4. The van der Waals surface area contributed by atoms with Gasteiger partial charge in [-0.2, -0.15) is 4.11 Å². The zero-order valence-electron chi connectivity index (χ0n) is 8.35. The lowest BCUT2D eigenvalue weighted by Gasteiger charge is -2.13. The van der Waals surface area contributed by atoms with Crippen molar-refractivity contribution >= 4 is 22.3 Å². The van der Waals surface area contributed by atoms with E-state index in [1.54, 1.807) is 24.7 Å². The average molecular weight is 244 g/mol. The van der Waals surface area contributed by atoms with E-state index < -0.39 is 10.7 Å². The standard InChI is InChI=1S/C9H10ClN3OS/c1-7(15(2)13(14)6-11)8-3-4-9(10)12-5-8/h3-5,7H,1-2H3. The third-order valence-electron chi connectivity index (χ3n) is 2.07. The van der Waals surface area contributed by atoms with Gasteiger partial charge in [0.1, 0.15) is 5.15 Å². The average Bonchev–Trinajstić information content (AvgIpc) is 2.27. The number of hydrogen-bond donors (Lipinski definition) is 0. The Morgan fingerprint density at radius 2 is 2.33 bits per heavy atom. The largest absolute Gasteiger partial charge is 0.634 e. The Balaban J connectivity index is 3.01. The summed E-state index contributed by atoms with van der Waals surface area (Å²) in [4.78, 5) is 3.93. The molecule has 1 aromatic rings. The number of rotatable bonds is 2. The molecule has 0 aliphatic carbocycles. The Morgan fingerprint density at radius 1 is 1.67 bits per heavy atom. The van der Waals surface area contributed by atoms with Crippen LogP contribution in [0.2, 0.25) is 5.15 Å². The minimum atomic E-state index is -0.684. The minimum Gasteiger partial charge on any atom is -0.634 e. The summed E-state index contributed by atoms with van der Waals surface area (Å²) in [6, 6.07) is 3.49. The topological polar surface area (TPSA) is 62.8 Å². The molecule has 0 aromatic carbocycles. The van der Waals surface area contributed by atoms with E-state index in [1.807, 2.05) is 13.0 Å². The Kier molecular flexibility index (Phi) is 4.21. The maximum absolute atomic E-state index is 11.1. The molecule has 0 saturated heterocycles. The van der Waals surface area contributed by atoms with Crippen LogP contribution in [0.15, 0.2) is 18.3 Å². The summed E-state index contributed by atoms with van der Waals surface area (Å²) in [5.74, 6) is 0. The minimum absolute atomic E-state index is 0.0353. The fourth-order valence-corrected chi connectivity index (χ4v) is 2.09. The molecule has 2 atom stereocenters. The third kappa shape index (κ3) is 2.99. The molecule has 0 bridgehead atoms. The molecule has 6 heteroatoms. The van der Waals surface area contributed by atoms with Crippen molar-refractivity contribution in [3.05, 3.63) is 34.3 Å². The van der Waals surface area contributed by atoms with Gasteiger partial charge in [-0.1, -0.05) is 17.7 Å². The highest BCUT2D eigenvalue weighted by atomic mass is 35.5. The van der Waals surface area contributed by atoms with Crippen LogP contribution in [0.5, 0.6) is 0 Å². The van der Waals surface area contributed by atoms with Gasteiger partial charge in [-0.25, -0.2) is 4.98 Å². The summed E-state index contributed by atoms with van der Waals surface area (Å²) in [7, 11) is -0.684. The van der Waals surface area contributed by atoms with Crippen LogP contribution in [0.3, 0.4) is 0 Å². The first kappa shape index (κ1) is 12.1. The highest BCUT2D eigenvalue weighted by Gasteiger charge is 2.11.